The predicted molar refractivity (Wildman–Crippen MR) is 100 cm³/mol. The van der Waals surface area contributed by atoms with E-state index < -0.39 is 5.60 Å². The van der Waals surface area contributed by atoms with Gasteiger partial charge in [0.2, 0.25) is 0 Å². The number of hydrogen-bond donors (Lipinski definition) is 1. The Kier molecular flexibility index (Phi) is 6.67. The summed E-state index contributed by atoms with van der Waals surface area (Å²) in [5.74, 6) is -0.361. The minimum absolute atomic E-state index is 0.0824. The number of esters is 1. The van der Waals surface area contributed by atoms with Crippen molar-refractivity contribution in [1.82, 2.24) is 10.3 Å². The van der Waals surface area contributed by atoms with Gasteiger partial charge in [0.05, 0.1) is 6.61 Å². The zero-order valence-corrected chi connectivity index (χ0v) is 17.3. The number of carbonyl (C=O) groups excluding carboxylic acids is 2. The maximum Gasteiger partial charge on any atom is 0.407 e. The van der Waals surface area contributed by atoms with Gasteiger partial charge in [0.1, 0.15) is 15.1 Å². The lowest BCUT2D eigenvalue weighted by atomic mass is 10.1. The summed E-state index contributed by atoms with van der Waals surface area (Å²) in [6.45, 7) is 9.14. The highest BCUT2D eigenvalue weighted by atomic mass is 79.9. The third kappa shape index (κ3) is 5.85. The van der Waals surface area contributed by atoms with Gasteiger partial charge in [0, 0.05) is 19.1 Å². The lowest BCUT2D eigenvalue weighted by molar-refractivity contribution is 0.0494. The minimum Gasteiger partial charge on any atom is -0.462 e. The van der Waals surface area contributed by atoms with Crippen molar-refractivity contribution in [3.8, 4) is 0 Å². The molecule has 0 unspecified atom stereocenters. The van der Waals surface area contributed by atoms with Crippen molar-refractivity contribution in [2.24, 2.45) is 0 Å². The first-order valence-corrected chi connectivity index (χ1v) is 9.88. The van der Waals surface area contributed by atoms with Crippen molar-refractivity contribution < 1.29 is 19.1 Å². The van der Waals surface area contributed by atoms with Crippen LogP contribution >= 0.6 is 27.3 Å². The second-order valence-corrected chi connectivity index (χ2v) is 8.47. The summed E-state index contributed by atoms with van der Waals surface area (Å²) >= 11 is 4.64. The van der Waals surface area contributed by atoms with Crippen LogP contribution in [0.25, 0.3) is 0 Å². The second-order valence-electron chi connectivity index (χ2n) is 6.74. The highest BCUT2D eigenvalue weighted by Crippen LogP contribution is 2.32. The molecule has 1 saturated heterocycles. The number of thiazole rings is 1. The Bertz CT molecular complexity index is 621. The Morgan fingerprint density at radius 2 is 2.00 bits per heavy atom. The zero-order valence-electron chi connectivity index (χ0n) is 14.9. The Hall–Kier alpha value is -1.35. The second kappa shape index (κ2) is 8.35. The monoisotopic (exact) mass is 433 g/mol. The summed E-state index contributed by atoms with van der Waals surface area (Å²) in [5.41, 5.74) is -0.499. The number of anilines is 1. The van der Waals surface area contributed by atoms with Gasteiger partial charge in [-0.15, -0.1) is 0 Å². The molecule has 140 valence electrons. The van der Waals surface area contributed by atoms with E-state index in [0.29, 0.717) is 16.1 Å². The van der Waals surface area contributed by atoms with Crippen molar-refractivity contribution in [3.63, 3.8) is 0 Å². The Labute approximate surface area is 160 Å². The molecule has 25 heavy (non-hydrogen) atoms. The van der Waals surface area contributed by atoms with Gasteiger partial charge in [-0.2, -0.15) is 0 Å². The Morgan fingerprint density at radius 3 is 2.56 bits per heavy atom. The molecule has 1 N–H and O–H groups in total. The van der Waals surface area contributed by atoms with E-state index in [1.54, 1.807) is 6.92 Å². The first-order valence-electron chi connectivity index (χ1n) is 8.27. The number of carbonyl (C=O) groups is 2. The fraction of sp³-hybridized carbons (Fsp3) is 0.688. The van der Waals surface area contributed by atoms with E-state index in [4.69, 9.17) is 9.47 Å². The van der Waals surface area contributed by atoms with Crippen LogP contribution in [0.3, 0.4) is 0 Å². The third-order valence-corrected chi connectivity index (χ3v) is 5.45. The van der Waals surface area contributed by atoms with E-state index >= 15 is 0 Å². The minimum atomic E-state index is -0.499. The quantitative estimate of drug-likeness (QED) is 0.730. The molecule has 0 spiro atoms. The molecule has 0 saturated carbocycles. The molecular weight excluding hydrogens is 410 g/mol. The van der Waals surface area contributed by atoms with Gasteiger partial charge in [-0.1, -0.05) is 11.3 Å². The van der Waals surface area contributed by atoms with Gasteiger partial charge in [0.25, 0.3) is 0 Å². The number of amides is 1. The number of halogens is 1. The number of aromatic nitrogens is 1. The van der Waals surface area contributed by atoms with Crippen LogP contribution in [-0.4, -0.2) is 48.4 Å². The fourth-order valence-corrected chi connectivity index (χ4v) is 4.03. The smallest absolute Gasteiger partial charge is 0.407 e. The van der Waals surface area contributed by atoms with Crippen LogP contribution in [0, 0.1) is 0 Å². The summed E-state index contributed by atoms with van der Waals surface area (Å²) in [7, 11) is 0. The number of nitrogens with one attached hydrogen (secondary N) is 1. The van der Waals surface area contributed by atoms with Crippen LogP contribution in [0.15, 0.2) is 4.60 Å². The van der Waals surface area contributed by atoms with E-state index in [9.17, 15) is 9.59 Å². The largest absolute Gasteiger partial charge is 0.462 e. The van der Waals surface area contributed by atoms with Crippen molar-refractivity contribution in [1.29, 1.82) is 0 Å². The summed E-state index contributed by atoms with van der Waals surface area (Å²) < 4.78 is 10.8. The molecule has 1 aliphatic heterocycles. The maximum atomic E-state index is 11.9. The van der Waals surface area contributed by atoms with E-state index in [1.807, 2.05) is 20.8 Å². The Morgan fingerprint density at radius 1 is 1.36 bits per heavy atom. The molecule has 9 heteroatoms. The molecule has 7 nitrogen and oxygen atoms in total. The van der Waals surface area contributed by atoms with Gasteiger partial charge >= 0.3 is 12.1 Å². The molecule has 0 atom stereocenters. The number of hydrogen-bond acceptors (Lipinski definition) is 7. The normalized spacial score (nSPS) is 15.8. The fourth-order valence-electron chi connectivity index (χ4n) is 2.44. The molecular formula is C16H24BrN3O4S. The van der Waals surface area contributed by atoms with Crippen LogP contribution < -0.4 is 10.2 Å². The molecule has 0 aliphatic carbocycles. The summed E-state index contributed by atoms with van der Waals surface area (Å²) in [6, 6.07) is 0.0824. The lowest BCUT2D eigenvalue weighted by Gasteiger charge is -2.32. The van der Waals surface area contributed by atoms with Crippen molar-refractivity contribution in [2.45, 2.75) is 52.2 Å². The first kappa shape index (κ1) is 20.0. The molecule has 1 aliphatic rings. The predicted octanol–water partition coefficient (Wildman–Crippen LogP) is 3.58. The van der Waals surface area contributed by atoms with E-state index in [0.717, 1.165) is 31.1 Å². The van der Waals surface area contributed by atoms with Crippen molar-refractivity contribution in [3.05, 3.63) is 9.48 Å². The highest BCUT2D eigenvalue weighted by Gasteiger charge is 2.26. The summed E-state index contributed by atoms with van der Waals surface area (Å²) in [4.78, 5) is 30.7. The number of nitrogens with zero attached hydrogens (tertiary/aromatic N) is 2. The van der Waals surface area contributed by atoms with E-state index in [2.05, 4.69) is 31.1 Å². The maximum absolute atomic E-state index is 11.9. The molecule has 1 amide bonds. The molecule has 1 aromatic heterocycles. The van der Waals surface area contributed by atoms with Crippen LogP contribution in [0.2, 0.25) is 0 Å². The van der Waals surface area contributed by atoms with Crippen LogP contribution in [-0.2, 0) is 9.47 Å². The molecule has 1 aromatic rings. The van der Waals surface area contributed by atoms with Crippen LogP contribution in [0.4, 0.5) is 9.93 Å². The number of alkyl carbamates (subject to hydrolysis) is 1. The average molecular weight is 434 g/mol. The first-order chi connectivity index (χ1) is 11.7. The van der Waals surface area contributed by atoms with E-state index in [1.165, 1.54) is 11.3 Å². The standard InChI is InChI=1S/C16H24BrN3O4S/c1-5-23-13(21)11-12(17)19-14(25-11)20-8-6-10(7-9-20)18-15(22)24-16(2,3)4/h10H,5-9H2,1-4H3,(H,18,22). The average Bonchev–Trinajstić information content (AvgIpc) is 2.88. The van der Waals surface area contributed by atoms with E-state index in [-0.39, 0.29) is 18.1 Å². The van der Waals surface area contributed by atoms with Gasteiger partial charge in [0.15, 0.2) is 5.13 Å². The molecule has 0 radical (unpaired) electrons. The molecule has 0 aromatic carbocycles. The lowest BCUT2D eigenvalue weighted by Crippen LogP contribution is -2.46. The van der Waals surface area contributed by atoms with Crippen molar-refractivity contribution in [2.75, 3.05) is 24.6 Å². The summed E-state index contributed by atoms with van der Waals surface area (Å²) in [6.07, 6.45) is 1.21. The molecule has 2 heterocycles. The Balaban J connectivity index is 1.89. The number of rotatable bonds is 4. The molecule has 0 bridgehead atoms. The summed E-state index contributed by atoms with van der Waals surface area (Å²) in [5, 5.41) is 3.69. The number of piperidine rings is 1. The number of ether oxygens (including phenoxy) is 2. The van der Waals surface area contributed by atoms with Crippen molar-refractivity contribution >= 4 is 44.5 Å². The SMILES string of the molecule is CCOC(=O)c1sc(N2CCC(NC(=O)OC(C)(C)C)CC2)nc1Br. The zero-order chi connectivity index (χ0) is 18.6. The van der Waals surface area contributed by atoms with Crippen LogP contribution in [0.5, 0.6) is 0 Å². The topological polar surface area (TPSA) is 80.8 Å². The van der Waals surface area contributed by atoms with Gasteiger partial charge in [-0.25, -0.2) is 14.6 Å². The van der Waals surface area contributed by atoms with Crippen LogP contribution in [0.1, 0.15) is 50.2 Å². The van der Waals surface area contributed by atoms with Gasteiger partial charge in [-0.3, -0.25) is 0 Å². The van der Waals surface area contributed by atoms with Gasteiger partial charge < -0.3 is 19.7 Å². The third-order valence-electron chi connectivity index (χ3n) is 3.52. The molecule has 2 rings (SSSR count). The molecule has 1 fully saturated rings. The van der Waals surface area contributed by atoms with Gasteiger partial charge in [-0.05, 0) is 56.5 Å². The highest BCUT2D eigenvalue weighted by molar-refractivity contribution is 9.10.